The van der Waals surface area contributed by atoms with Crippen LogP contribution in [0.3, 0.4) is 0 Å². The van der Waals surface area contributed by atoms with E-state index in [2.05, 4.69) is 0 Å². The zero-order valence-corrected chi connectivity index (χ0v) is 18.3. The highest BCUT2D eigenvalue weighted by molar-refractivity contribution is 6.31. The Kier molecular flexibility index (Phi) is 5.14. The summed E-state index contributed by atoms with van der Waals surface area (Å²) >= 11 is 6.28. The number of rotatable bonds is 3. The van der Waals surface area contributed by atoms with Gasteiger partial charge in [-0.2, -0.15) is 0 Å². The second kappa shape index (κ2) is 8.04. The molecular weight excluding hydrogens is 470 g/mol. The molecule has 0 aliphatic carbocycles. The smallest absolute Gasteiger partial charge is 0.449 e. The maximum Gasteiger partial charge on any atom is 0.511 e. The fourth-order valence-corrected chi connectivity index (χ4v) is 4.30. The highest BCUT2D eigenvalue weighted by atomic mass is 35.5. The van der Waals surface area contributed by atoms with Crippen LogP contribution in [0.1, 0.15) is 17.2 Å². The molecule has 174 valence electrons. The molecule has 0 radical (unpaired) electrons. The van der Waals surface area contributed by atoms with Crippen LogP contribution < -0.4 is 21.7 Å². The van der Waals surface area contributed by atoms with E-state index < -0.39 is 35.0 Å². The van der Waals surface area contributed by atoms with Gasteiger partial charge in [0.15, 0.2) is 5.58 Å². The predicted molar refractivity (Wildman–Crippen MR) is 119 cm³/mol. The van der Waals surface area contributed by atoms with Crippen molar-refractivity contribution >= 4 is 28.9 Å². The van der Waals surface area contributed by atoms with Crippen molar-refractivity contribution in [3.63, 3.8) is 0 Å². The highest BCUT2D eigenvalue weighted by Gasteiger charge is 2.29. The van der Waals surface area contributed by atoms with Gasteiger partial charge in [-0.15, -0.1) is 0 Å². The Balaban J connectivity index is 1.78. The van der Waals surface area contributed by atoms with E-state index in [1.165, 1.54) is 23.7 Å². The van der Waals surface area contributed by atoms with Gasteiger partial charge in [-0.3, -0.25) is 13.9 Å². The monoisotopic (exact) mass is 485 g/mol. The number of halogens is 1. The fraction of sp³-hybridized carbons (Fsp3) is 0.182. The Hall–Kier alpha value is -4.09. The molecule has 1 N–H and O–H groups in total. The molecule has 0 saturated carbocycles. The standard InChI is InChI=1S/C22H16ClN3O8/c1-24-15-6-5-11(7-17(15)33-21(24)29)25-8-18(34-22(30)31)19(27)26(20(25)28)16-10-32-9-13-12(16)3-2-4-14(13)23/h2-8,16H,9-10H2,1H3,(H,30,31). The number of fused-ring (bicyclic) bond motifs is 2. The van der Waals surface area contributed by atoms with Crippen molar-refractivity contribution in [2.45, 2.75) is 12.6 Å². The van der Waals surface area contributed by atoms with Gasteiger partial charge in [-0.25, -0.2) is 19.0 Å². The van der Waals surface area contributed by atoms with Gasteiger partial charge in [-0.05, 0) is 23.8 Å². The summed E-state index contributed by atoms with van der Waals surface area (Å²) in [5.74, 6) is -1.18. The molecule has 1 aliphatic heterocycles. The Labute approximate surface area is 194 Å². The first-order valence-corrected chi connectivity index (χ1v) is 10.4. The van der Waals surface area contributed by atoms with E-state index in [1.54, 1.807) is 24.3 Å². The van der Waals surface area contributed by atoms with Gasteiger partial charge in [0.25, 0.3) is 5.56 Å². The first kappa shape index (κ1) is 21.7. The summed E-state index contributed by atoms with van der Waals surface area (Å²) in [6.07, 6.45) is -0.734. The number of nitrogens with zero attached hydrogens (tertiary/aromatic N) is 3. The van der Waals surface area contributed by atoms with E-state index in [1.807, 2.05) is 0 Å². The largest absolute Gasteiger partial charge is 0.511 e. The molecule has 34 heavy (non-hydrogen) atoms. The summed E-state index contributed by atoms with van der Waals surface area (Å²) in [6, 6.07) is 8.71. The van der Waals surface area contributed by atoms with Gasteiger partial charge in [0, 0.05) is 23.7 Å². The average Bonchev–Trinajstić information content (AvgIpc) is 3.09. The molecule has 0 saturated heterocycles. The van der Waals surface area contributed by atoms with Crippen molar-refractivity contribution in [2.75, 3.05) is 6.61 Å². The summed E-state index contributed by atoms with van der Waals surface area (Å²) in [4.78, 5) is 49.8. The molecule has 12 heteroatoms. The predicted octanol–water partition coefficient (Wildman–Crippen LogP) is 2.27. The Morgan fingerprint density at radius 2 is 2.00 bits per heavy atom. The molecule has 0 bridgehead atoms. The van der Waals surface area contributed by atoms with Gasteiger partial charge in [0.1, 0.15) is 0 Å². The van der Waals surface area contributed by atoms with E-state index in [4.69, 9.17) is 30.6 Å². The normalized spacial score (nSPS) is 15.3. The number of benzene rings is 2. The second-order valence-electron chi connectivity index (χ2n) is 7.61. The van der Waals surface area contributed by atoms with Crippen molar-refractivity contribution in [2.24, 2.45) is 7.05 Å². The lowest BCUT2D eigenvalue weighted by molar-refractivity contribution is 0.0809. The van der Waals surface area contributed by atoms with Gasteiger partial charge in [-0.1, -0.05) is 23.7 Å². The lowest BCUT2D eigenvalue weighted by Gasteiger charge is -2.28. The van der Waals surface area contributed by atoms with Crippen LogP contribution in [0.2, 0.25) is 5.02 Å². The minimum atomic E-state index is -1.72. The van der Waals surface area contributed by atoms with Crippen molar-refractivity contribution in [3.05, 3.63) is 90.1 Å². The molecule has 2 aromatic carbocycles. The molecule has 1 aliphatic rings. The molecule has 11 nitrogen and oxygen atoms in total. The topological polar surface area (TPSA) is 135 Å². The zero-order chi connectivity index (χ0) is 24.1. The first-order chi connectivity index (χ1) is 16.3. The van der Waals surface area contributed by atoms with Crippen LogP contribution in [0.4, 0.5) is 4.79 Å². The third-order valence-electron chi connectivity index (χ3n) is 5.69. The summed E-state index contributed by atoms with van der Waals surface area (Å²) in [6.45, 7) is 0.176. The van der Waals surface area contributed by atoms with Gasteiger partial charge < -0.3 is 19.0 Å². The maximum atomic E-state index is 13.6. The Morgan fingerprint density at radius 1 is 1.21 bits per heavy atom. The minimum absolute atomic E-state index is 0.0222. The SMILES string of the molecule is Cn1c(=O)oc2cc(-n3cc(OC(=O)O)c(=O)n(C4COCc5c(Cl)cccc54)c3=O)ccc21. The molecular formula is C22H16ClN3O8. The quantitative estimate of drug-likeness (QED) is 0.437. The number of carbonyl (C=O) groups is 1. The molecule has 1 unspecified atom stereocenters. The Bertz CT molecular complexity index is 1640. The minimum Gasteiger partial charge on any atom is -0.449 e. The summed E-state index contributed by atoms with van der Waals surface area (Å²) < 4.78 is 18.7. The van der Waals surface area contributed by atoms with Crippen molar-refractivity contribution < 1.29 is 23.8 Å². The number of hydrogen-bond acceptors (Lipinski definition) is 7. The van der Waals surface area contributed by atoms with Crippen LogP contribution in [0.5, 0.6) is 5.75 Å². The van der Waals surface area contributed by atoms with Crippen molar-refractivity contribution in [3.8, 4) is 11.4 Å². The number of carboxylic acid groups (broad SMARTS) is 1. The van der Waals surface area contributed by atoms with Crippen LogP contribution in [-0.4, -0.2) is 31.6 Å². The Morgan fingerprint density at radius 3 is 2.76 bits per heavy atom. The number of ether oxygens (including phenoxy) is 2. The van der Waals surface area contributed by atoms with E-state index >= 15 is 0 Å². The van der Waals surface area contributed by atoms with E-state index in [0.717, 1.165) is 15.3 Å². The first-order valence-electron chi connectivity index (χ1n) is 10.00. The molecule has 1 atom stereocenters. The summed E-state index contributed by atoms with van der Waals surface area (Å²) in [7, 11) is 1.53. The van der Waals surface area contributed by atoms with Gasteiger partial charge in [0.05, 0.1) is 36.7 Å². The zero-order valence-electron chi connectivity index (χ0n) is 17.6. The van der Waals surface area contributed by atoms with Crippen molar-refractivity contribution in [1.82, 2.24) is 13.7 Å². The maximum absolute atomic E-state index is 13.6. The van der Waals surface area contributed by atoms with Crippen LogP contribution in [-0.2, 0) is 18.4 Å². The fourth-order valence-electron chi connectivity index (χ4n) is 4.06. The molecule has 5 rings (SSSR count). The lowest BCUT2D eigenvalue weighted by Crippen LogP contribution is -2.44. The van der Waals surface area contributed by atoms with E-state index in [-0.39, 0.29) is 24.5 Å². The molecule has 4 aromatic rings. The van der Waals surface area contributed by atoms with E-state index in [9.17, 15) is 19.2 Å². The third-order valence-corrected chi connectivity index (χ3v) is 6.04. The van der Waals surface area contributed by atoms with Crippen LogP contribution in [0.15, 0.2) is 61.4 Å². The number of aromatic nitrogens is 3. The van der Waals surface area contributed by atoms with Gasteiger partial charge >= 0.3 is 17.6 Å². The van der Waals surface area contributed by atoms with Gasteiger partial charge in [0.2, 0.25) is 5.75 Å². The average molecular weight is 486 g/mol. The van der Waals surface area contributed by atoms with E-state index in [0.29, 0.717) is 21.7 Å². The molecule has 0 amide bonds. The number of aryl methyl sites for hydroxylation is 1. The number of hydrogen-bond donors (Lipinski definition) is 1. The summed E-state index contributed by atoms with van der Waals surface area (Å²) in [5, 5.41) is 9.55. The molecule has 2 aromatic heterocycles. The molecule has 0 fully saturated rings. The molecule has 0 spiro atoms. The second-order valence-corrected chi connectivity index (χ2v) is 8.01. The van der Waals surface area contributed by atoms with Crippen LogP contribution in [0, 0.1) is 0 Å². The van der Waals surface area contributed by atoms with Crippen molar-refractivity contribution in [1.29, 1.82) is 0 Å². The summed E-state index contributed by atoms with van der Waals surface area (Å²) in [5.41, 5.74) is 0.407. The number of oxazole rings is 1. The lowest BCUT2D eigenvalue weighted by atomic mass is 9.98. The van der Waals surface area contributed by atoms with Crippen LogP contribution in [0.25, 0.3) is 16.8 Å². The highest BCUT2D eigenvalue weighted by Crippen LogP contribution is 2.31. The molecule has 3 heterocycles. The van der Waals surface area contributed by atoms with Crippen LogP contribution >= 0.6 is 11.6 Å². The third kappa shape index (κ3) is 3.42.